The Hall–Kier alpha value is -0.940. The number of nitrogens with one attached hydrogen (secondary N) is 1. The fraction of sp³-hybridized carbons (Fsp3) is 0.455. The number of hydrogen-bond acceptors (Lipinski definition) is 3. The average Bonchev–Trinajstić information content (AvgIpc) is 2.21. The molecule has 1 atom stereocenters. The van der Waals surface area contributed by atoms with Crippen molar-refractivity contribution in [1.29, 1.82) is 0 Å². The fourth-order valence-corrected chi connectivity index (χ4v) is 1.74. The summed E-state index contributed by atoms with van der Waals surface area (Å²) in [5.41, 5.74) is 6.52. The average molecular weight is 286 g/mol. The summed E-state index contributed by atoms with van der Waals surface area (Å²) in [6.45, 7) is 2.05. The quantitative estimate of drug-likeness (QED) is 0.872. The van der Waals surface area contributed by atoms with Gasteiger partial charge >= 0.3 is 0 Å². The van der Waals surface area contributed by atoms with Crippen molar-refractivity contribution < 1.29 is 4.79 Å². The van der Waals surface area contributed by atoms with Crippen molar-refractivity contribution in [2.45, 2.75) is 32.2 Å². The third-order valence-corrected chi connectivity index (χ3v) is 2.79. The van der Waals surface area contributed by atoms with E-state index >= 15 is 0 Å². The van der Waals surface area contributed by atoms with E-state index in [-0.39, 0.29) is 11.9 Å². The summed E-state index contributed by atoms with van der Waals surface area (Å²) in [6, 6.07) is 1.68. The first kappa shape index (κ1) is 13.1. The number of carbonyl (C=O) groups is 1. The van der Waals surface area contributed by atoms with E-state index in [9.17, 15) is 4.79 Å². The number of pyridine rings is 1. The topological polar surface area (TPSA) is 68.0 Å². The molecule has 0 saturated carbocycles. The Morgan fingerprint density at radius 2 is 2.44 bits per heavy atom. The lowest BCUT2D eigenvalue weighted by atomic mass is 10.1. The van der Waals surface area contributed by atoms with Gasteiger partial charge in [0.15, 0.2) is 0 Å². The molecule has 0 fully saturated rings. The van der Waals surface area contributed by atoms with Crippen molar-refractivity contribution in [2.75, 3.05) is 5.32 Å². The Bertz CT molecular complexity index is 357. The molecule has 3 N–H and O–H groups in total. The van der Waals surface area contributed by atoms with E-state index in [1.54, 1.807) is 18.5 Å². The summed E-state index contributed by atoms with van der Waals surface area (Å²) >= 11 is 3.31. The highest BCUT2D eigenvalue weighted by molar-refractivity contribution is 9.10. The van der Waals surface area contributed by atoms with Gasteiger partial charge in [-0.3, -0.25) is 9.78 Å². The van der Waals surface area contributed by atoms with Gasteiger partial charge in [0.05, 0.1) is 10.2 Å². The van der Waals surface area contributed by atoms with E-state index in [2.05, 4.69) is 33.2 Å². The summed E-state index contributed by atoms with van der Waals surface area (Å²) in [5.74, 6) is -0.0622. The van der Waals surface area contributed by atoms with Crippen LogP contribution in [0.25, 0.3) is 0 Å². The predicted molar refractivity (Wildman–Crippen MR) is 68.1 cm³/mol. The van der Waals surface area contributed by atoms with Gasteiger partial charge in [0, 0.05) is 24.9 Å². The molecule has 0 spiro atoms. The third-order valence-electron chi connectivity index (χ3n) is 2.15. The monoisotopic (exact) mass is 285 g/mol. The van der Waals surface area contributed by atoms with Gasteiger partial charge in [-0.2, -0.15) is 0 Å². The molecule has 0 saturated heterocycles. The minimum atomic E-state index is -0.0642. The van der Waals surface area contributed by atoms with E-state index in [4.69, 9.17) is 5.73 Å². The maximum atomic E-state index is 11.6. The number of anilines is 1. The first-order valence-corrected chi connectivity index (χ1v) is 6.07. The van der Waals surface area contributed by atoms with Crippen molar-refractivity contribution in [3.63, 3.8) is 0 Å². The third kappa shape index (κ3) is 4.28. The summed E-state index contributed by atoms with van der Waals surface area (Å²) in [4.78, 5) is 15.5. The standard InChI is InChI=1S/C11H16BrN3O/c1-2-3-8(13)6-11(16)15-10-4-5-14-7-9(10)12/h4-5,7-8H,2-3,6,13H2,1H3,(H,14,15,16). The van der Waals surface area contributed by atoms with Gasteiger partial charge in [-0.15, -0.1) is 0 Å². The Morgan fingerprint density at radius 1 is 1.69 bits per heavy atom. The summed E-state index contributed by atoms with van der Waals surface area (Å²) < 4.78 is 0.771. The van der Waals surface area contributed by atoms with Crippen molar-refractivity contribution >= 4 is 27.5 Å². The molecule has 16 heavy (non-hydrogen) atoms. The maximum absolute atomic E-state index is 11.6. The zero-order valence-electron chi connectivity index (χ0n) is 9.24. The smallest absolute Gasteiger partial charge is 0.225 e. The molecule has 1 rings (SSSR count). The number of nitrogens with two attached hydrogens (primary N) is 1. The Kier molecular flexibility index (Phi) is 5.42. The molecular weight excluding hydrogens is 270 g/mol. The van der Waals surface area contributed by atoms with E-state index in [0.29, 0.717) is 6.42 Å². The van der Waals surface area contributed by atoms with Crippen LogP contribution in [0.2, 0.25) is 0 Å². The van der Waals surface area contributed by atoms with Crippen LogP contribution < -0.4 is 11.1 Å². The number of aromatic nitrogens is 1. The Balaban J connectivity index is 2.49. The molecule has 1 heterocycles. The second kappa shape index (κ2) is 6.60. The van der Waals surface area contributed by atoms with E-state index in [1.165, 1.54) is 0 Å². The molecule has 1 unspecified atom stereocenters. The molecule has 0 aliphatic heterocycles. The second-order valence-electron chi connectivity index (χ2n) is 3.66. The first-order chi connectivity index (χ1) is 7.63. The van der Waals surface area contributed by atoms with Gasteiger partial charge in [-0.05, 0) is 28.4 Å². The van der Waals surface area contributed by atoms with Gasteiger partial charge in [-0.1, -0.05) is 13.3 Å². The van der Waals surface area contributed by atoms with Crippen LogP contribution in [0.1, 0.15) is 26.2 Å². The minimum absolute atomic E-state index is 0.0622. The molecule has 0 aliphatic rings. The van der Waals surface area contributed by atoms with Crippen molar-refractivity contribution in [3.8, 4) is 0 Å². The molecule has 88 valence electrons. The maximum Gasteiger partial charge on any atom is 0.225 e. The van der Waals surface area contributed by atoms with Crippen LogP contribution in [-0.4, -0.2) is 16.9 Å². The molecule has 1 aromatic heterocycles. The molecule has 1 aromatic rings. The highest BCUT2D eigenvalue weighted by atomic mass is 79.9. The number of halogens is 1. The summed E-state index contributed by atoms with van der Waals surface area (Å²) in [7, 11) is 0. The molecule has 4 nitrogen and oxygen atoms in total. The van der Waals surface area contributed by atoms with Crippen LogP contribution in [0.4, 0.5) is 5.69 Å². The molecule has 5 heteroatoms. The van der Waals surface area contributed by atoms with Crippen LogP contribution in [-0.2, 0) is 4.79 Å². The normalized spacial score (nSPS) is 12.2. The van der Waals surface area contributed by atoms with Crippen molar-refractivity contribution in [1.82, 2.24) is 4.98 Å². The Labute approximate surface area is 104 Å². The lowest BCUT2D eigenvalue weighted by Crippen LogP contribution is -2.26. The zero-order valence-corrected chi connectivity index (χ0v) is 10.8. The Morgan fingerprint density at radius 3 is 3.06 bits per heavy atom. The number of carbonyl (C=O) groups excluding carboxylic acids is 1. The van der Waals surface area contributed by atoms with E-state index in [1.807, 2.05) is 0 Å². The minimum Gasteiger partial charge on any atom is -0.327 e. The number of nitrogens with zero attached hydrogens (tertiary/aromatic N) is 1. The zero-order chi connectivity index (χ0) is 12.0. The molecule has 0 radical (unpaired) electrons. The SMILES string of the molecule is CCCC(N)CC(=O)Nc1ccncc1Br. The molecule has 1 amide bonds. The van der Waals surface area contributed by atoms with Gasteiger partial charge in [0.25, 0.3) is 0 Å². The molecule has 0 aromatic carbocycles. The van der Waals surface area contributed by atoms with Crippen LogP contribution in [0, 0.1) is 0 Å². The number of amides is 1. The summed E-state index contributed by atoms with van der Waals surface area (Å²) in [5, 5.41) is 2.79. The van der Waals surface area contributed by atoms with Crippen molar-refractivity contribution in [3.05, 3.63) is 22.9 Å². The molecular formula is C11H16BrN3O. The van der Waals surface area contributed by atoms with Crippen LogP contribution >= 0.6 is 15.9 Å². The highest BCUT2D eigenvalue weighted by Gasteiger charge is 2.10. The van der Waals surface area contributed by atoms with Crippen LogP contribution in [0.15, 0.2) is 22.9 Å². The molecule has 0 aliphatic carbocycles. The van der Waals surface area contributed by atoms with Gasteiger partial charge in [-0.25, -0.2) is 0 Å². The lowest BCUT2D eigenvalue weighted by molar-refractivity contribution is -0.116. The predicted octanol–water partition coefficient (Wildman–Crippen LogP) is 2.30. The lowest BCUT2D eigenvalue weighted by Gasteiger charge is -2.11. The van der Waals surface area contributed by atoms with Crippen LogP contribution in [0.5, 0.6) is 0 Å². The van der Waals surface area contributed by atoms with E-state index < -0.39 is 0 Å². The number of hydrogen-bond donors (Lipinski definition) is 2. The van der Waals surface area contributed by atoms with Crippen LogP contribution in [0.3, 0.4) is 0 Å². The van der Waals surface area contributed by atoms with Crippen molar-refractivity contribution in [2.24, 2.45) is 5.73 Å². The fourth-order valence-electron chi connectivity index (χ4n) is 1.39. The first-order valence-electron chi connectivity index (χ1n) is 5.28. The largest absolute Gasteiger partial charge is 0.327 e. The van der Waals surface area contributed by atoms with Gasteiger partial charge in [0.1, 0.15) is 0 Å². The number of rotatable bonds is 5. The van der Waals surface area contributed by atoms with E-state index in [0.717, 1.165) is 23.0 Å². The van der Waals surface area contributed by atoms with Gasteiger partial charge in [0.2, 0.25) is 5.91 Å². The second-order valence-corrected chi connectivity index (χ2v) is 4.51. The summed E-state index contributed by atoms with van der Waals surface area (Å²) in [6.07, 6.45) is 5.48. The highest BCUT2D eigenvalue weighted by Crippen LogP contribution is 2.20. The molecule has 0 bridgehead atoms. The van der Waals surface area contributed by atoms with Gasteiger partial charge < -0.3 is 11.1 Å².